The summed E-state index contributed by atoms with van der Waals surface area (Å²) in [5.41, 5.74) is 0.869. The smallest absolute Gasteiger partial charge is 0.226 e. The highest BCUT2D eigenvalue weighted by Crippen LogP contribution is 2.11. The number of ether oxygens (including phenoxy) is 2. The molecule has 0 bridgehead atoms. The van der Waals surface area contributed by atoms with E-state index in [0.717, 1.165) is 5.69 Å². The Labute approximate surface area is 89.8 Å². The largest absolute Gasteiger partial charge is 0.481 e. The second-order valence-corrected chi connectivity index (χ2v) is 3.38. The number of anilines is 1. The molecule has 0 saturated carbocycles. The Morgan fingerprint density at radius 2 is 2.13 bits per heavy atom. The summed E-state index contributed by atoms with van der Waals surface area (Å²) in [6, 6.07) is 1.95. The number of aryl methyl sites for hydroxylation is 1. The molecule has 1 unspecified atom stereocenters. The lowest BCUT2D eigenvalue weighted by molar-refractivity contribution is 0.190. The van der Waals surface area contributed by atoms with Crippen LogP contribution in [0.1, 0.15) is 12.6 Å². The van der Waals surface area contributed by atoms with Gasteiger partial charge in [0, 0.05) is 24.9 Å². The summed E-state index contributed by atoms with van der Waals surface area (Å²) in [5, 5.41) is 3.13. The first kappa shape index (κ1) is 11.7. The van der Waals surface area contributed by atoms with Gasteiger partial charge in [0.25, 0.3) is 0 Å². The number of nitrogens with zero attached hydrogens (tertiary/aromatic N) is 2. The van der Waals surface area contributed by atoms with Crippen LogP contribution in [0.25, 0.3) is 0 Å². The summed E-state index contributed by atoms with van der Waals surface area (Å²) in [6.07, 6.45) is 0. The Balaban J connectivity index is 2.71. The van der Waals surface area contributed by atoms with Crippen LogP contribution in [0.4, 0.5) is 5.95 Å². The molecule has 0 aromatic carbocycles. The molecule has 0 fully saturated rings. The van der Waals surface area contributed by atoms with Crippen molar-refractivity contribution < 1.29 is 9.47 Å². The number of rotatable bonds is 5. The van der Waals surface area contributed by atoms with Gasteiger partial charge in [0.1, 0.15) is 0 Å². The van der Waals surface area contributed by atoms with Crippen LogP contribution in [-0.2, 0) is 4.74 Å². The van der Waals surface area contributed by atoms with Gasteiger partial charge in [-0.1, -0.05) is 0 Å². The molecule has 1 atom stereocenters. The molecule has 15 heavy (non-hydrogen) atoms. The van der Waals surface area contributed by atoms with E-state index in [1.165, 1.54) is 0 Å². The lowest BCUT2D eigenvalue weighted by atomic mass is 10.4. The fourth-order valence-electron chi connectivity index (χ4n) is 1.22. The van der Waals surface area contributed by atoms with Gasteiger partial charge in [0.2, 0.25) is 11.8 Å². The first-order valence-corrected chi connectivity index (χ1v) is 4.81. The molecule has 0 radical (unpaired) electrons. The molecule has 1 aromatic heterocycles. The number of nitrogens with one attached hydrogen (secondary N) is 1. The normalized spacial score (nSPS) is 12.3. The maximum atomic E-state index is 5.05. The van der Waals surface area contributed by atoms with Crippen LogP contribution in [0.3, 0.4) is 0 Å². The maximum Gasteiger partial charge on any atom is 0.226 e. The number of hydrogen-bond acceptors (Lipinski definition) is 5. The molecule has 84 valence electrons. The molecule has 1 rings (SSSR count). The van der Waals surface area contributed by atoms with E-state index in [4.69, 9.17) is 9.47 Å². The highest BCUT2D eigenvalue weighted by molar-refractivity contribution is 5.31. The second kappa shape index (κ2) is 5.50. The molecule has 1 aromatic rings. The zero-order chi connectivity index (χ0) is 11.3. The van der Waals surface area contributed by atoms with Crippen molar-refractivity contribution in [3.05, 3.63) is 11.8 Å². The molecule has 0 spiro atoms. The van der Waals surface area contributed by atoms with Gasteiger partial charge >= 0.3 is 0 Å². The third-order valence-electron chi connectivity index (χ3n) is 1.83. The molecule has 0 saturated heterocycles. The van der Waals surface area contributed by atoms with E-state index in [2.05, 4.69) is 15.3 Å². The maximum absolute atomic E-state index is 5.05. The number of methoxy groups -OCH3 is 2. The quantitative estimate of drug-likeness (QED) is 0.794. The third-order valence-corrected chi connectivity index (χ3v) is 1.83. The van der Waals surface area contributed by atoms with Crippen LogP contribution in [-0.4, -0.2) is 36.8 Å². The Kier molecular flexibility index (Phi) is 4.30. The SMILES string of the molecule is COCC(C)Nc1nc(C)cc(OC)n1. The summed E-state index contributed by atoms with van der Waals surface area (Å²) in [7, 11) is 3.25. The first-order chi connectivity index (χ1) is 7.15. The number of aromatic nitrogens is 2. The van der Waals surface area contributed by atoms with E-state index in [9.17, 15) is 0 Å². The van der Waals surface area contributed by atoms with Crippen molar-refractivity contribution in [2.45, 2.75) is 19.9 Å². The third kappa shape index (κ3) is 3.71. The molecule has 0 amide bonds. The average molecular weight is 211 g/mol. The summed E-state index contributed by atoms with van der Waals surface area (Å²) < 4.78 is 10.1. The summed E-state index contributed by atoms with van der Waals surface area (Å²) >= 11 is 0. The zero-order valence-electron chi connectivity index (χ0n) is 9.57. The summed E-state index contributed by atoms with van der Waals surface area (Å²) in [6.45, 7) is 4.51. The fraction of sp³-hybridized carbons (Fsp3) is 0.600. The monoisotopic (exact) mass is 211 g/mol. The van der Waals surface area contributed by atoms with E-state index < -0.39 is 0 Å². The van der Waals surface area contributed by atoms with Crippen molar-refractivity contribution in [3.63, 3.8) is 0 Å². The van der Waals surface area contributed by atoms with Crippen molar-refractivity contribution in [3.8, 4) is 5.88 Å². The molecular weight excluding hydrogens is 194 g/mol. The summed E-state index contributed by atoms with van der Waals surface area (Å²) in [5.74, 6) is 1.13. The van der Waals surface area contributed by atoms with Gasteiger partial charge in [-0.3, -0.25) is 0 Å². The van der Waals surface area contributed by atoms with E-state index in [-0.39, 0.29) is 6.04 Å². The molecule has 5 nitrogen and oxygen atoms in total. The van der Waals surface area contributed by atoms with Gasteiger partial charge in [-0.25, -0.2) is 4.98 Å². The molecule has 0 aliphatic heterocycles. The topological polar surface area (TPSA) is 56.3 Å². The lowest BCUT2D eigenvalue weighted by Gasteiger charge is -2.13. The van der Waals surface area contributed by atoms with Crippen molar-refractivity contribution in [1.82, 2.24) is 9.97 Å². The van der Waals surface area contributed by atoms with Crippen molar-refractivity contribution >= 4 is 5.95 Å². The van der Waals surface area contributed by atoms with Gasteiger partial charge in [-0.15, -0.1) is 0 Å². The molecular formula is C10H17N3O2. The zero-order valence-corrected chi connectivity index (χ0v) is 9.57. The van der Waals surface area contributed by atoms with Crippen molar-refractivity contribution in [1.29, 1.82) is 0 Å². The molecule has 1 N–H and O–H groups in total. The molecule has 1 heterocycles. The summed E-state index contributed by atoms with van der Waals surface area (Å²) in [4.78, 5) is 8.42. The Bertz CT molecular complexity index is 318. The Hall–Kier alpha value is -1.36. The standard InChI is InChI=1S/C10H17N3O2/c1-7-5-9(15-4)13-10(11-7)12-8(2)6-14-3/h5,8H,6H2,1-4H3,(H,11,12,13). The predicted octanol–water partition coefficient (Wildman–Crippen LogP) is 1.24. The van der Waals surface area contributed by atoms with Gasteiger partial charge in [0.15, 0.2) is 0 Å². The highest BCUT2D eigenvalue weighted by atomic mass is 16.5. The van der Waals surface area contributed by atoms with Crippen molar-refractivity contribution in [2.75, 3.05) is 26.1 Å². The van der Waals surface area contributed by atoms with Gasteiger partial charge < -0.3 is 14.8 Å². The first-order valence-electron chi connectivity index (χ1n) is 4.81. The van der Waals surface area contributed by atoms with Gasteiger partial charge in [0.05, 0.1) is 13.7 Å². The minimum atomic E-state index is 0.168. The lowest BCUT2D eigenvalue weighted by Crippen LogP contribution is -2.22. The van der Waals surface area contributed by atoms with Gasteiger partial charge in [-0.2, -0.15) is 4.98 Å². The van der Waals surface area contributed by atoms with E-state index in [1.54, 1.807) is 20.3 Å². The average Bonchev–Trinajstić information content (AvgIpc) is 2.17. The number of hydrogen-bond donors (Lipinski definition) is 1. The van der Waals surface area contributed by atoms with Crippen molar-refractivity contribution in [2.24, 2.45) is 0 Å². The van der Waals surface area contributed by atoms with Crippen LogP contribution in [0.5, 0.6) is 5.88 Å². The van der Waals surface area contributed by atoms with E-state index in [1.807, 2.05) is 13.8 Å². The minimum Gasteiger partial charge on any atom is -0.481 e. The van der Waals surface area contributed by atoms with E-state index >= 15 is 0 Å². The van der Waals surface area contributed by atoms with E-state index in [0.29, 0.717) is 18.4 Å². The van der Waals surface area contributed by atoms with Crippen LogP contribution >= 0.6 is 0 Å². The molecule has 5 heteroatoms. The minimum absolute atomic E-state index is 0.168. The second-order valence-electron chi connectivity index (χ2n) is 3.38. The van der Waals surface area contributed by atoms with Crippen LogP contribution in [0.15, 0.2) is 6.07 Å². The van der Waals surface area contributed by atoms with Crippen LogP contribution in [0.2, 0.25) is 0 Å². The molecule has 0 aliphatic rings. The molecule has 0 aliphatic carbocycles. The Morgan fingerprint density at radius 1 is 1.40 bits per heavy atom. The van der Waals surface area contributed by atoms with Crippen LogP contribution < -0.4 is 10.1 Å². The van der Waals surface area contributed by atoms with Crippen LogP contribution in [0, 0.1) is 6.92 Å². The fourth-order valence-corrected chi connectivity index (χ4v) is 1.22. The van der Waals surface area contributed by atoms with Gasteiger partial charge in [-0.05, 0) is 13.8 Å². The Morgan fingerprint density at radius 3 is 2.73 bits per heavy atom. The highest BCUT2D eigenvalue weighted by Gasteiger charge is 2.05. The predicted molar refractivity (Wildman–Crippen MR) is 58.3 cm³/mol.